The number of nitrogens with zero attached hydrogens (tertiary/aromatic N) is 2. The molecule has 0 saturated carbocycles. The predicted molar refractivity (Wildman–Crippen MR) is 103 cm³/mol. The molecule has 1 N–H and O–H groups in total. The minimum Gasteiger partial charge on any atom is -0.482 e. The average molecular weight is 424 g/mol. The van der Waals surface area contributed by atoms with Crippen LogP contribution in [0.25, 0.3) is 0 Å². The van der Waals surface area contributed by atoms with Crippen LogP contribution in [-0.2, 0) is 19.1 Å². The highest BCUT2D eigenvalue weighted by Crippen LogP contribution is 2.31. The van der Waals surface area contributed by atoms with Gasteiger partial charge in [0.05, 0.1) is 15.7 Å². The molecule has 0 bridgehead atoms. The number of benzene rings is 1. The topological polar surface area (TPSA) is 97.8 Å². The SMILES string of the molecule is Cc1c(Cl)cnc(NC(=O)COC(=O)CN2C(=O)COc3ccccc32)c1Cl. The summed E-state index contributed by atoms with van der Waals surface area (Å²) in [4.78, 5) is 41.3. The van der Waals surface area contributed by atoms with Gasteiger partial charge in [0, 0.05) is 6.20 Å². The maximum absolute atomic E-state index is 12.1. The van der Waals surface area contributed by atoms with Crippen molar-refractivity contribution in [3.8, 4) is 5.75 Å². The highest BCUT2D eigenvalue weighted by atomic mass is 35.5. The summed E-state index contributed by atoms with van der Waals surface area (Å²) in [6, 6.07) is 6.83. The third-order valence-electron chi connectivity index (χ3n) is 3.92. The number of halogens is 2. The van der Waals surface area contributed by atoms with Crippen LogP contribution in [0, 0.1) is 6.92 Å². The second kappa shape index (κ2) is 8.45. The summed E-state index contributed by atoms with van der Waals surface area (Å²) >= 11 is 12.0. The zero-order valence-corrected chi connectivity index (χ0v) is 16.2. The Kier molecular flexibility index (Phi) is 6.01. The second-order valence-electron chi connectivity index (χ2n) is 5.84. The molecule has 0 fully saturated rings. The molecule has 0 radical (unpaired) electrons. The van der Waals surface area contributed by atoms with Crippen molar-refractivity contribution in [2.24, 2.45) is 0 Å². The van der Waals surface area contributed by atoms with Crippen molar-refractivity contribution in [3.63, 3.8) is 0 Å². The van der Waals surface area contributed by atoms with Gasteiger partial charge in [-0.05, 0) is 24.6 Å². The normalized spacial score (nSPS) is 12.8. The van der Waals surface area contributed by atoms with E-state index < -0.39 is 18.5 Å². The molecule has 0 aliphatic carbocycles. The standard InChI is InChI=1S/C18H15Cl2N3O5/c1-10-11(19)6-21-18(17(10)20)22-14(24)8-28-16(26)7-23-12-4-2-3-5-13(12)27-9-15(23)25/h2-6H,7-9H2,1H3,(H,21,22,24). The summed E-state index contributed by atoms with van der Waals surface area (Å²) in [5, 5.41) is 3.01. The summed E-state index contributed by atoms with van der Waals surface area (Å²) in [5.74, 6) is -1.15. The average Bonchev–Trinajstić information content (AvgIpc) is 2.69. The number of anilines is 2. The smallest absolute Gasteiger partial charge is 0.326 e. The number of nitrogens with one attached hydrogen (secondary N) is 1. The monoisotopic (exact) mass is 423 g/mol. The third kappa shape index (κ3) is 4.35. The molecule has 1 aromatic heterocycles. The van der Waals surface area contributed by atoms with Gasteiger partial charge in [0.25, 0.3) is 11.8 Å². The number of rotatable bonds is 5. The Morgan fingerprint density at radius 2 is 2.07 bits per heavy atom. The van der Waals surface area contributed by atoms with Crippen LogP contribution in [0.2, 0.25) is 10.0 Å². The molecular formula is C18H15Cl2N3O5. The van der Waals surface area contributed by atoms with Crippen LogP contribution in [0.3, 0.4) is 0 Å². The molecule has 10 heteroatoms. The van der Waals surface area contributed by atoms with Crippen molar-refractivity contribution in [1.82, 2.24) is 4.98 Å². The van der Waals surface area contributed by atoms with Gasteiger partial charge in [-0.1, -0.05) is 35.3 Å². The number of hydrogen-bond acceptors (Lipinski definition) is 6. The van der Waals surface area contributed by atoms with Crippen LogP contribution in [0.4, 0.5) is 11.5 Å². The van der Waals surface area contributed by atoms with Gasteiger partial charge < -0.3 is 14.8 Å². The van der Waals surface area contributed by atoms with E-state index in [1.165, 1.54) is 11.1 Å². The lowest BCUT2D eigenvalue weighted by Gasteiger charge is -2.28. The van der Waals surface area contributed by atoms with Crippen LogP contribution >= 0.6 is 23.2 Å². The van der Waals surface area contributed by atoms with Crippen LogP contribution < -0.4 is 15.0 Å². The number of para-hydroxylation sites is 2. The van der Waals surface area contributed by atoms with Crippen molar-refractivity contribution >= 4 is 52.5 Å². The Balaban J connectivity index is 1.57. The molecule has 0 spiro atoms. The van der Waals surface area contributed by atoms with E-state index in [-0.39, 0.29) is 29.9 Å². The van der Waals surface area contributed by atoms with E-state index in [9.17, 15) is 14.4 Å². The minimum absolute atomic E-state index is 0.113. The van der Waals surface area contributed by atoms with Crippen molar-refractivity contribution in [2.45, 2.75) is 6.92 Å². The zero-order chi connectivity index (χ0) is 20.3. The van der Waals surface area contributed by atoms with Gasteiger partial charge in [0.2, 0.25) is 0 Å². The van der Waals surface area contributed by atoms with Crippen molar-refractivity contribution in [1.29, 1.82) is 0 Å². The number of hydrogen-bond donors (Lipinski definition) is 1. The lowest BCUT2D eigenvalue weighted by molar-refractivity contribution is -0.146. The Labute approximate surface area is 170 Å². The maximum Gasteiger partial charge on any atom is 0.326 e. The fourth-order valence-corrected chi connectivity index (χ4v) is 2.85. The summed E-state index contributed by atoms with van der Waals surface area (Å²) in [6.07, 6.45) is 1.35. The number of pyridine rings is 1. The van der Waals surface area contributed by atoms with E-state index in [1.807, 2.05) is 0 Å². The van der Waals surface area contributed by atoms with E-state index in [0.717, 1.165) is 0 Å². The quantitative estimate of drug-likeness (QED) is 0.742. The zero-order valence-electron chi connectivity index (χ0n) is 14.7. The highest BCUT2D eigenvalue weighted by Gasteiger charge is 2.27. The van der Waals surface area contributed by atoms with Gasteiger partial charge in [0.15, 0.2) is 19.0 Å². The van der Waals surface area contributed by atoms with E-state index >= 15 is 0 Å². The number of ether oxygens (including phenoxy) is 2. The number of fused-ring (bicyclic) bond motifs is 1. The molecule has 1 aromatic carbocycles. The molecule has 2 aromatic rings. The van der Waals surface area contributed by atoms with E-state index in [0.29, 0.717) is 22.0 Å². The maximum atomic E-state index is 12.1. The van der Waals surface area contributed by atoms with Gasteiger partial charge >= 0.3 is 5.97 Å². The fraction of sp³-hybridized carbons (Fsp3) is 0.222. The summed E-state index contributed by atoms with van der Waals surface area (Å²) < 4.78 is 10.3. The third-order valence-corrected chi connectivity index (χ3v) is 4.76. The molecule has 0 unspecified atom stereocenters. The number of carbonyl (C=O) groups excluding carboxylic acids is 3. The van der Waals surface area contributed by atoms with E-state index in [2.05, 4.69) is 10.3 Å². The summed E-state index contributed by atoms with van der Waals surface area (Å²) in [5.41, 5.74) is 1.03. The second-order valence-corrected chi connectivity index (χ2v) is 6.62. The number of carbonyl (C=O) groups is 3. The highest BCUT2D eigenvalue weighted by molar-refractivity contribution is 6.37. The molecule has 8 nitrogen and oxygen atoms in total. The molecule has 0 saturated heterocycles. The van der Waals surface area contributed by atoms with Crippen LogP contribution in [0.5, 0.6) is 5.75 Å². The molecule has 1 aliphatic rings. The lowest BCUT2D eigenvalue weighted by atomic mass is 10.2. The van der Waals surface area contributed by atoms with Crippen LogP contribution in [0.1, 0.15) is 5.56 Å². The van der Waals surface area contributed by atoms with Crippen molar-refractivity contribution in [3.05, 3.63) is 46.1 Å². The summed E-state index contributed by atoms with van der Waals surface area (Å²) in [7, 11) is 0. The molecular weight excluding hydrogens is 409 g/mol. The first-order valence-electron chi connectivity index (χ1n) is 8.15. The predicted octanol–water partition coefficient (Wildman–Crippen LogP) is 2.60. The van der Waals surface area contributed by atoms with Gasteiger partial charge in [-0.3, -0.25) is 19.3 Å². The van der Waals surface area contributed by atoms with E-state index in [1.54, 1.807) is 31.2 Å². The van der Waals surface area contributed by atoms with Gasteiger partial charge in [-0.15, -0.1) is 0 Å². The Morgan fingerprint density at radius 1 is 1.32 bits per heavy atom. The number of aromatic nitrogens is 1. The van der Waals surface area contributed by atoms with Gasteiger partial charge in [-0.25, -0.2) is 4.98 Å². The molecule has 2 amide bonds. The Hall–Kier alpha value is -2.84. The van der Waals surface area contributed by atoms with Crippen LogP contribution in [0.15, 0.2) is 30.5 Å². The molecule has 146 valence electrons. The molecule has 0 atom stereocenters. The first-order chi connectivity index (χ1) is 13.4. The van der Waals surface area contributed by atoms with E-state index in [4.69, 9.17) is 32.7 Å². The minimum atomic E-state index is -0.744. The first-order valence-corrected chi connectivity index (χ1v) is 8.90. The fourth-order valence-electron chi connectivity index (χ4n) is 2.46. The van der Waals surface area contributed by atoms with Gasteiger partial charge in [0.1, 0.15) is 12.3 Å². The number of esters is 1. The van der Waals surface area contributed by atoms with Crippen LogP contribution in [-0.4, -0.2) is 42.5 Å². The molecule has 28 heavy (non-hydrogen) atoms. The molecule has 3 rings (SSSR count). The largest absolute Gasteiger partial charge is 0.482 e. The number of amides is 2. The Morgan fingerprint density at radius 3 is 2.86 bits per heavy atom. The van der Waals surface area contributed by atoms with Crippen molar-refractivity contribution in [2.75, 3.05) is 30.0 Å². The summed E-state index contributed by atoms with van der Waals surface area (Å²) in [6.45, 7) is 0.605. The van der Waals surface area contributed by atoms with Gasteiger partial charge in [-0.2, -0.15) is 0 Å². The lowest BCUT2D eigenvalue weighted by Crippen LogP contribution is -2.42. The van der Waals surface area contributed by atoms with Crippen molar-refractivity contribution < 1.29 is 23.9 Å². The Bertz CT molecular complexity index is 951. The molecule has 2 heterocycles. The first kappa shape index (κ1) is 19.9. The molecule has 1 aliphatic heterocycles.